The molecule has 3 N–H and O–H groups in total. The Morgan fingerprint density at radius 2 is 1.94 bits per heavy atom. The summed E-state index contributed by atoms with van der Waals surface area (Å²) in [6, 6.07) is 0.309. The van der Waals surface area contributed by atoms with Crippen LogP contribution in [0.15, 0.2) is 11.4 Å². The number of hydrogen-bond donors (Lipinski definition) is 2. The summed E-state index contributed by atoms with van der Waals surface area (Å²) in [5, 5.41) is 4.30. The maximum Gasteiger partial charge on any atom is 0.333 e. The lowest BCUT2D eigenvalue weighted by atomic mass is 9.96. The number of esters is 2. The number of ether oxygens (including phenoxy) is 2. The van der Waals surface area contributed by atoms with E-state index in [9.17, 15) is 19.2 Å². The van der Waals surface area contributed by atoms with E-state index in [1.807, 2.05) is 25.3 Å². The van der Waals surface area contributed by atoms with Crippen molar-refractivity contribution in [2.45, 2.75) is 69.8 Å². The van der Waals surface area contributed by atoms with Gasteiger partial charge in [0.25, 0.3) is 0 Å². The van der Waals surface area contributed by atoms with Crippen molar-refractivity contribution in [3.05, 3.63) is 21.9 Å². The van der Waals surface area contributed by atoms with Crippen LogP contribution in [0, 0.1) is 5.41 Å². The van der Waals surface area contributed by atoms with Crippen LogP contribution in [-0.4, -0.2) is 57.7 Å². The van der Waals surface area contributed by atoms with Gasteiger partial charge in [-0.05, 0) is 51.6 Å². The molecule has 1 aromatic heterocycles. The molecule has 0 unspecified atom stereocenters. The van der Waals surface area contributed by atoms with Gasteiger partial charge >= 0.3 is 11.9 Å². The molecule has 3 heterocycles. The highest BCUT2D eigenvalue weighted by molar-refractivity contribution is 8.01. The summed E-state index contributed by atoms with van der Waals surface area (Å²) < 4.78 is 9.52. The molecule has 2 aliphatic heterocycles. The third-order valence-electron chi connectivity index (χ3n) is 5.36. The maximum absolute atomic E-state index is 12.8. The molecule has 2 amide bonds. The van der Waals surface area contributed by atoms with E-state index in [-0.39, 0.29) is 23.6 Å². The number of nitrogens with zero attached hydrogens (tertiary/aromatic N) is 1. The van der Waals surface area contributed by atoms with Crippen LogP contribution in [0.3, 0.4) is 0 Å². The van der Waals surface area contributed by atoms with Crippen molar-refractivity contribution in [2.75, 3.05) is 6.79 Å². The van der Waals surface area contributed by atoms with Gasteiger partial charge in [0.1, 0.15) is 17.5 Å². The van der Waals surface area contributed by atoms with Crippen LogP contribution < -0.4 is 11.1 Å². The summed E-state index contributed by atoms with van der Waals surface area (Å²) in [6.45, 7) is 8.62. The number of nitrogens with one attached hydrogen (secondary N) is 1. The molecule has 32 heavy (non-hydrogen) atoms. The molecular weight excluding hydrogens is 454 g/mol. The van der Waals surface area contributed by atoms with E-state index >= 15 is 0 Å². The number of carbonyl (C=O) groups excluding carboxylic acids is 4. The van der Waals surface area contributed by atoms with E-state index in [0.29, 0.717) is 6.54 Å². The van der Waals surface area contributed by atoms with Gasteiger partial charge < -0.3 is 25.4 Å². The number of fused-ring (bicyclic) bond motifs is 1. The highest BCUT2D eigenvalue weighted by Gasteiger charge is 2.64. The van der Waals surface area contributed by atoms with Gasteiger partial charge in [0.15, 0.2) is 0 Å². The highest BCUT2D eigenvalue weighted by atomic mass is 32.2. The molecule has 0 bridgehead atoms. The summed E-state index contributed by atoms with van der Waals surface area (Å²) in [6.07, 6.45) is 0.144. The number of thiophene rings is 1. The molecule has 0 aliphatic carbocycles. The average Bonchev–Trinajstić information content (AvgIpc) is 3.24. The molecular formula is C21H29N3O6S2. The standard InChI is InChI=1S/C21H29N3O6S2/c1-20(2,3)19(28)30-10-29-18(27)15-21(4,5)32-17-14(16(26)24(15)17)23-13(25)8-11-6-7-31-12(11)9-22/h6-7,14-15,17H,8-10,22H2,1-5H3,(H,23,25)/t14-,15+,17-/m1/s1. The van der Waals surface area contributed by atoms with Gasteiger partial charge in [0.2, 0.25) is 18.6 Å². The molecule has 3 atom stereocenters. The number of thioether (sulfide) groups is 1. The summed E-state index contributed by atoms with van der Waals surface area (Å²) in [4.78, 5) is 52.3. The topological polar surface area (TPSA) is 128 Å². The van der Waals surface area contributed by atoms with E-state index in [4.69, 9.17) is 15.2 Å². The minimum atomic E-state index is -0.841. The number of hydrogen-bond acceptors (Lipinski definition) is 9. The molecule has 0 radical (unpaired) electrons. The normalized spacial score (nSPS) is 23.9. The van der Waals surface area contributed by atoms with E-state index in [1.54, 1.807) is 20.8 Å². The fourth-order valence-corrected chi connectivity index (χ4v) is 6.07. The van der Waals surface area contributed by atoms with Gasteiger partial charge in [-0.25, -0.2) is 4.79 Å². The number of amides is 2. The molecule has 2 aliphatic rings. The second-order valence-corrected chi connectivity index (χ2v) is 12.1. The Morgan fingerprint density at radius 1 is 1.25 bits per heavy atom. The van der Waals surface area contributed by atoms with Gasteiger partial charge in [-0.15, -0.1) is 23.1 Å². The van der Waals surface area contributed by atoms with E-state index in [2.05, 4.69) is 5.32 Å². The number of rotatable bonds is 7. The van der Waals surface area contributed by atoms with Crippen LogP contribution in [0.1, 0.15) is 45.1 Å². The Bertz CT molecular complexity index is 923. The van der Waals surface area contributed by atoms with Crippen molar-refractivity contribution in [1.29, 1.82) is 0 Å². The molecule has 1 aromatic rings. The van der Waals surface area contributed by atoms with Crippen LogP contribution in [0.5, 0.6) is 0 Å². The first-order chi connectivity index (χ1) is 14.9. The van der Waals surface area contributed by atoms with Crippen molar-refractivity contribution in [1.82, 2.24) is 10.2 Å². The number of carbonyl (C=O) groups is 4. The summed E-state index contributed by atoms with van der Waals surface area (Å²) >= 11 is 2.92. The Labute approximate surface area is 195 Å². The lowest BCUT2D eigenvalue weighted by molar-refractivity contribution is -0.180. The van der Waals surface area contributed by atoms with Crippen molar-refractivity contribution >= 4 is 46.9 Å². The number of β-lactam (4-membered cyclic amide) rings is 1. The zero-order valence-electron chi connectivity index (χ0n) is 18.8. The van der Waals surface area contributed by atoms with E-state index in [0.717, 1.165) is 10.4 Å². The van der Waals surface area contributed by atoms with Crippen LogP contribution in [0.25, 0.3) is 0 Å². The highest BCUT2D eigenvalue weighted by Crippen LogP contribution is 2.51. The molecule has 9 nitrogen and oxygen atoms in total. The maximum atomic E-state index is 12.8. The van der Waals surface area contributed by atoms with E-state index < -0.39 is 41.0 Å². The first kappa shape index (κ1) is 24.5. The third kappa shape index (κ3) is 4.79. The second kappa shape index (κ2) is 9.03. The molecule has 11 heteroatoms. The largest absolute Gasteiger partial charge is 0.427 e. The smallest absolute Gasteiger partial charge is 0.333 e. The van der Waals surface area contributed by atoms with Crippen molar-refractivity contribution < 1.29 is 28.7 Å². The summed E-state index contributed by atoms with van der Waals surface area (Å²) in [5.41, 5.74) is 5.83. The molecule has 3 rings (SSSR count). The van der Waals surface area contributed by atoms with Crippen LogP contribution in [0.2, 0.25) is 0 Å². The zero-order chi connectivity index (χ0) is 23.8. The zero-order valence-corrected chi connectivity index (χ0v) is 20.4. The van der Waals surface area contributed by atoms with E-state index in [1.165, 1.54) is 28.0 Å². The molecule has 0 spiro atoms. The summed E-state index contributed by atoms with van der Waals surface area (Å²) in [7, 11) is 0. The Balaban J connectivity index is 1.59. The Morgan fingerprint density at radius 3 is 2.56 bits per heavy atom. The molecule has 2 fully saturated rings. The molecule has 2 saturated heterocycles. The first-order valence-corrected chi connectivity index (χ1v) is 12.0. The lowest BCUT2D eigenvalue weighted by Crippen LogP contribution is -2.70. The van der Waals surface area contributed by atoms with Gasteiger partial charge in [-0.2, -0.15) is 0 Å². The second-order valence-electron chi connectivity index (χ2n) is 9.32. The monoisotopic (exact) mass is 483 g/mol. The molecule has 176 valence electrons. The number of nitrogens with two attached hydrogens (primary N) is 1. The third-order valence-corrected chi connectivity index (χ3v) is 7.92. The molecule has 0 saturated carbocycles. The van der Waals surface area contributed by atoms with Crippen molar-refractivity contribution in [3.63, 3.8) is 0 Å². The van der Waals surface area contributed by atoms with Crippen molar-refractivity contribution in [2.24, 2.45) is 11.1 Å². The first-order valence-electron chi connectivity index (χ1n) is 10.3. The Kier molecular flexibility index (Phi) is 6.92. The molecule has 0 aromatic carbocycles. The Hall–Kier alpha value is -2.11. The quantitative estimate of drug-likeness (QED) is 0.338. The van der Waals surface area contributed by atoms with Gasteiger partial charge in [-0.1, -0.05) is 0 Å². The van der Waals surface area contributed by atoms with Gasteiger partial charge in [0.05, 0.1) is 11.8 Å². The minimum Gasteiger partial charge on any atom is -0.427 e. The van der Waals surface area contributed by atoms with Crippen LogP contribution >= 0.6 is 23.1 Å². The fraction of sp³-hybridized carbons (Fsp3) is 0.619. The van der Waals surface area contributed by atoms with Gasteiger partial charge in [0, 0.05) is 16.2 Å². The van der Waals surface area contributed by atoms with Crippen molar-refractivity contribution in [3.8, 4) is 0 Å². The summed E-state index contributed by atoms with van der Waals surface area (Å²) in [5.74, 6) is -1.74. The van der Waals surface area contributed by atoms with Crippen LogP contribution in [0.4, 0.5) is 0 Å². The fourth-order valence-electron chi connectivity index (χ4n) is 3.66. The van der Waals surface area contributed by atoms with Gasteiger partial charge in [-0.3, -0.25) is 14.4 Å². The predicted octanol–water partition coefficient (Wildman–Crippen LogP) is 1.39. The SMILES string of the molecule is CC(C)(C)C(=O)OCOC(=O)[C@@H]1N2C(=O)[C@@H](NC(=O)Cc3ccsc3CN)[C@H]2SC1(C)C. The van der Waals surface area contributed by atoms with Crippen LogP contribution in [-0.2, 0) is 41.6 Å². The lowest BCUT2D eigenvalue weighted by Gasteiger charge is -2.43. The average molecular weight is 484 g/mol. The predicted molar refractivity (Wildman–Crippen MR) is 120 cm³/mol. The minimum absolute atomic E-state index is 0.144.